The van der Waals surface area contributed by atoms with Gasteiger partial charge in [-0.2, -0.15) is 0 Å². The van der Waals surface area contributed by atoms with Crippen LogP contribution in [0.25, 0.3) is 0 Å². The van der Waals surface area contributed by atoms with E-state index in [1.807, 2.05) is 62.3 Å². The number of rotatable bonds is 6. The fourth-order valence-corrected chi connectivity index (χ4v) is 4.27. The Kier molecular flexibility index (Phi) is 5.70. The molecular formula is C18H25N2O3P. The number of anilines is 2. The molecule has 0 fully saturated rings. The van der Waals surface area contributed by atoms with Crippen molar-refractivity contribution >= 4 is 24.0 Å². The molecule has 24 heavy (non-hydrogen) atoms. The summed E-state index contributed by atoms with van der Waals surface area (Å²) in [5, 5.41) is 11.2. The number of nitrogens with zero attached hydrogens (tertiary/aromatic N) is 2. The molecule has 0 amide bonds. The summed E-state index contributed by atoms with van der Waals surface area (Å²) in [5.41, 5.74) is 2.57. The zero-order chi connectivity index (χ0) is 17.9. The first-order chi connectivity index (χ1) is 11.3. The van der Waals surface area contributed by atoms with E-state index in [9.17, 15) is 9.67 Å². The Morgan fingerprint density at radius 3 is 1.67 bits per heavy atom. The monoisotopic (exact) mass is 348 g/mol. The van der Waals surface area contributed by atoms with Crippen LogP contribution < -0.4 is 15.1 Å². The molecule has 0 saturated carbocycles. The Hall–Kier alpha value is -1.81. The first-order valence-electron chi connectivity index (χ1n) is 7.68. The molecule has 0 aliphatic carbocycles. The van der Waals surface area contributed by atoms with Gasteiger partial charge in [-0.1, -0.05) is 12.1 Å². The van der Waals surface area contributed by atoms with Crippen molar-refractivity contribution in [2.45, 2.75) is 5.85 Å². The molecule has 2 rings (SSSR count). The molecule has 1 N–H and O–H groups in total. The summed E-state index contributed by atoms with van der Waals surface area (Å²) in [6.07, 6.45) is 0. The highest BCUT2D eigenvalue weighted by Gasteiger charge is 2.35. The van der Waals surface area contributed by atoms with Gasteiger partial charge in [0.05, 0.1) is 0 Å². The molecule has 2 aromatic carbocycles. The second kappa shape index (κ2) is 7.39. The molecule has 2 atom stereocenters. The van der Waals surface area contributed by atoms with Gasteiger partial charge >= 0.3 is 0 Å². The van der Waals surface area contributed by atoms with E-state index >= 15 is 0 Å². The van der Waals surface area contributed by atoms with Crippen molar-refractivity contribution in [3.63, 3.8) is 0 Å². The average Bonchev–Trinajstić information content (AvgIpc) is 2.60. The summed E-state index contributed by atoms with van der Waals surface area (Å²) in [7, 11) is 5.70. The van der Waals surface area contributed by atoms with Gasteiger partial charge in [0.15, 0.2) is 5.85 Å². The van der Waals surface area contributed by atoms with Crippen LogP contribution in [0, 0.1) is 0 Å². The lowest BCUT2D eigenvalue weighted by atomic mass is 10.2. The molecule has 0 spiro atoms. The fourth-order valence-electron chi connectivity index (χ4n) is 2.45. The molecule has 0 aromatic heterocycles. The number of hydrogen-bond acceptors (Lipinski definition) is 5. The maximum atomic E-state index is 13.3. The summed E-state index contributed by atoms with van der Waals surface area (Å²) in [5.74, 6) is -1.20. The van der Waals surface area contributed by atoms with Crippen LogP contribution >= 0.6 is 7.37 Å². The predicted molar refractivity (Wildman–Crippen MR) is 101 cm³/mol. The van der Waals surface area contributed by atoms with Gasteiger partial charge in [-0.25, -0.2) is 0 Å². The van der Waals surface area contributed by atoms with Gasteiger partial charge < -0.3 is 19.4 Å². The molecule has 2 aromatic rings. The highest BCUT2D eigenvalue weighted by atomic mass is 31.2. The van der Waals surface area contributed by atoms with E-state index in [1.54, 1.807) is 24.3 Å². The highest BCUT2D eigenvalue weighted by molar-refractivity contribution is 7.67. The van der Waals surface area contributed by atoms with Crippen LogP contribution in [0.5, 0.6) is 0 Å². The second-order valence-electron chi connectivity index (χ2n) is 6.05. The van der Waals surface area contributed by atoms with Crippen molar-refractivity contribution in [2.75, 3.05) is 45.1 Å². The normalized spacial score (nSPS) is 14.8. The van der Waals surface area contributed by atoms with Crippen molar-refractivity contribution in [3.05, 3.63) is 54.1 Å². The van der Waals surface area contributed by atoms with Crippen LogP contribution in [0.1, 0.15) is 11.4 Å². The van der Waals surface area contributed by atoms with E-state index in [4.69, 9.17) is 4.52 Å². The molecule has 0 aliphatic heterocycles. The number of aliphatic hydroxyl groups excluding tert-OH is 1. The Labute approximate surface area is 143 Å². The van der Waals surface area contributed by atoms with Gasteiger partial charge in [-0.3, -0.25) is 4.57 Å². The minimum atomic E-state index is -3.43. The lowest BCUT2D eigenvalue weighted by Crippen LogP contribution is -2.15. The lowest BCUT2D eigenvalue weighted by Gasteiger charge is -2.24. The fraction of sp³-hybridized carbons (Fsp3) is 0.333. The third-order valence-corrected chi connectivity index (χ3v) is 6.53. The van der Waals surface area contributed by atoms with Gasteiger partial charge in [-0.15, -0.1) is 0 Å². The largest absolute Gasteiger partial charge is 0.378 e. The van der Waals surface area contributed by atoms with Gasteiger partial charge in [0.2, 0.25) is 0 Å². The van der Waals surface area contributed by atoms with Gasteiger partial charge in [-0.05, 0) is 42.0 Å². The summed E-state index contributed by atoms with van der Waals surface area (Å²) >= 11 is 0. The van der Waals surface area contributed by atoms with Gasteiger partial charge in [0, 0.05) is 52.0 Å². The minimum Gasteiger partial charge on any atom is -0.378 e. The van der Waals surface area contributed by atoms with Crippen LogP contribution in [0.4, 0.5) is 11.4 Å². The van der Waals surface area contributed by atoms with Crippen molar-refractivity contribution in [1.82, 2.24) is 0 Å². The SMILES string of the molecule is CO[P@@](=O)(c1ccc(N(C)C)cc1)[C@H](O)c1ccc(N(C)C)cc1. The average molecular weight is 348 g/mol. The number of hydrogen-bond donors (Lipinski definition) is 1. The Morgan fingerprint density at radius 1 is 0.875 bits per heavy atom. The quantitative estimate of drug-likeness (QED) is 0.813. The summed E-state index contributed by atoms with van der Waals surface area (Å²) in [6.45, 7) is 0. The Morgan fingerprint density at radius 2 is 1.29 bits per heavy atom. The van der Waals surface area contributed by atoms with Crippen LogP contribution in [0.3, 0.4) is 0 Å². The molecule has 5 nitrogen and oxygen atoms in total. The Bertz CT molecular complexity index is 712. The van der Waals surface area contributed by atoms with Crippen molar-refractivity contribution < 1.29 is 14.2 Å². The van der Waals surface area contributed by atoms with E-state index < -0.39 is 13.2 Å². The van der Waals surface area contributed by atoms with Gasteiger partial charge in [0.25, 0.3) is 7.37 Å². The maximum Gasteiger partial charge on any atom is 0.263 e. The molecule has 6 heteroatoms. The molecule has 0 unspecified atom stereocenters. The molecule has 0 radical (unpaired) electrons. The van der Waals surface area contributed by atoms with Crippen LogP contribution in [0.2, 0.25) is 0 Å². The minimum absolute atomic E-state index is 0.500. The van der Waals surface area contributed by atoms with E-state index in [0.29, 0.717) is 10.9 Å². The zero-order valence-electron chi connectivity index (χ0n) is 14.8. The molecule has 0 aliphatic rings. The van der Waals surface area contributed by atoms with Crippen LogP contribution in [-0.2, 0) is 9.09 Å². The van der Waals surface area contributed by atoms with Crippen molar-refractivity contribution in [2.24, 2.45) is 0 Å². The van der Waals surface area contributed by atoms with E-state index in [1.165, 1.54) is 7.11 Å². The van der Waals surface area contributed by atoms with Crippen LogP contribution in [0.15, 0.2) is 48.5 Å². The first-order valence-corrected chi connectivity index (χ1v) is 9.37. The van der Waals surface area contributed by atoms with Gasteiger partial charge in [0.1, 0.15) is 0 Å². The zero-order valence-corrected chi connectivity index (χ0v) is 15.7. The van der Waals surface area contributed by atoms with E-state index in [-0.39, 0.29) is 0 Å². The van der Waals surface area contributed by atoms with Crippen LogP contribution in [-0.4, -0.2) is 40.4 Å². The number of benzene rings is 2. The molecule has 0 saturated heterocycles. The predicted octanol–water partition coefficient (Wildman–Crippen LogP) is 3.06. The maximum absolute atomic E-state index is 13.3. The third-order valence-electron chi connectivity index (χ3n) is 4.03. The molecular weight excluding hydrogens is 323 g/mol. The molecule has 0 heterocycles. The summed E-state index contributed by atoms with van der Waals surface area (Å²) in [4.78, 5) is 3.92. The van der Waals surface area contributed by atoms with Crippen molar-refractivity contribution in [3.8, 4) is 0 Å². The smallest absolute Gasteiger partial charge is 0.263 e. The Balaban J connectivity index is 2.35. The number of aliphatic hydroxyl groups is 1. The third kappa shape index (κ3) is 3.64. The summed E-state index contributed by atoms with van der Waals surface area (Å²) < 4.78 is 18.6. The lowest BCUT2D eigenvalue weighted by molar-refractivity contribution is 0.229. The summed E-state index contributed by atoms with van der Waals surface area (Å²) in [6, 6.07) is 14.5. The topological polar surface area (TPSA) is 53.0 Å². The van der Waals surface area contributed by atoms with E-state index in [0.717, 1.165) is 11.4 Å². The second-order valence-corrected chi connectivity index (χ2v) is 8.61. The highest BCUT2D eigenvalue weighted by Crippen LogP contribution is 2.57. The molecule has 0 bridgehead atoms. The first kappa shape index (κ1) is 18.5. The van der Waals surface area contributed by atoms with E-state index in [2.05, 4.69) is 0 Å². The van der Waals surface area contributed by atoms with Crippen molar-refractivity contribution in [1.29, 1.82) is 0 Å². The standard InChI is InChI=1S/C18H25N2O3P/c1-19(2)15-8-6-14(7-9-15)18(21)24(22,23-5)17-12-10-16(11-13-17)20(3)4/h6-13,18,21H,1-5H3/t18-,24-/m0/s1. The molecule has 130 valence electrons.